The normalized spacial score (nSPS) is 10.5. The minimum atomic E-state index is -4.91. The van der Waals surface area contributed by atoms with Crippen molar-refractivity contribution in [3.63, 3.8) is 0 Å². The van der Waals surface area contributed by atoms with Crippen LogP contribution in [-0.4, -0.2) is 138 Å². The third-order valence-electron chi connectivity index (χ3n) is 13.5. The second-order valence-electron chi connectivity index (χ2n) is 24.2. The summed E-state index contributed by atoms with van der Waals surface area (Å²) in [7, 11) is 9.37. The van der Waals surface area contributed by atoms with Gasteiger partial charge in [-0.1, -0.05) is 134 Å². The van der Waals surface area contributed by atoms with Crippen molar-refractivity contribution in [1.82, 2.24) is 15.0 Å². The van der Waals surface area contributed by atoms with Crippen LogP contribution >= 0.6 is 34.0 Å². The first-order valence-electron chi connectivity index (χ1n) is 33.7. The maximum absolute atomic E-state index is 12.1. The standard InChI is InChI=1S/C17H22N2O4S.C14H13F3N2O2S.C10H12O3.C9H12O2.C9H10O2.C8H12N2O2S.C8H8O3.C4H9.Li/c1-17(2,3)23-16(21)19-15-18-10-14(24-15)12(20)9-11-7-5-6-8-13(11)22-4;1-21-11-5-3-2-4-9(11)6-7-10-8-18-13(22-10)19-12(20)14(15,16)17;1-12-9-6-4-3-5-8(9)7-10(11)13-2;2*1-11-9-5-3-2-4-8(9)6-7-10;1-8(2,3)12-7(11)10-6-9-4-5-13-6;9-7-4-2-1-3-6(7)5-8(10)11;1-3-4-2;/h5-8,10,12,20H,9H2,1-4H3,(H,18,19,21);2-5,8H,6-7H2,1H3,(H,18,19,20);3-6H,7H2,1-2H3;2-5,10H,6-7H2,1H3;2-5,7H,6H2,1H3;4-5H,1-3H3,(H,9,10,11);1-4,9H,5H2,(H,10,11);1,3-4H2,2H3;/q;;;;;;;-1;+1. The smallest absolute Gasteiger partial charge is 0.508 e. The molecule has 9 aromatic rings. The van der Waals surface area contributed by atoms with E-state index in [-0.39, 0.29) is 55.2 Å². The number of methoxy groups -OCH3 is 6. The maximum Gasteiger partial charge on any atom is 1.00 e. The quantitative estimate of drug-likeness (QED) is 0.0103. The predicted octanol–water partition coefficient (Wildman–Crippen LogP) is 13.4. The van der Waals surface area contributed by atoms with E-state index >= 15 is 0 Å². The monoisotopic (exact) mass is 1580 g/mol. The van der Waals surface area contributed by atoms with Gasteiger partial charge < -0.3 is 70.0 Å². The molecule has 0 radical (unpaired) electrons. The number of anilines is 3. The van der Waals surface area contributed by atoms with Crippen molar-refractivity contribution in [3.8, 4) is 34.5 Å². The number of aliphatic carboxylic acids is 1. The second kappa shape index (κ2) is 53.7. The number of halogens is 3. The molecule has 1 unspecified atom stereocenters. The first-order valence-corrected chi connectivity index (χ1v) is 36.2. The Kier molecular flexibility index (Phi) is 47.8. The number of alkyl halides is 3. The molecule has 0 aliphatic rings. The van der Waals surface area contributed by atoms with Crippen molar-refractivity contribution in [3.05, 3.63) is 220 Å². The number of phenolic OH excluding ortho intramolecular Hbond substituents is 1. The molecule has 3 aromatic heterocycles. The van der Waals surface area contributed by atoms with Gasteiger partial charge in [-0.05, 0) is 114 Å². The molecule has 592 valence electrons. The Morgan fingerprint density at radius 3 is 1.41 bits per heavy atom. The van der Waals surface area contributed by atoms with Gasteiger partial charge in [0.2, 0.25) is 0 Å². The average Bonchev–Trinajstić information content (AvgIpc) is 1.63. The molecule has 0 aliphatic heterocycles. The summed E-state index contributed by atoms with van der Waals surface area (Å²) in [6.45, 7) is 16.7. The number of aliphatic hydroxyl groups is 2. The Morgan fingerprint density at radius 2 is 0.973 bits per heavy atom. The van der Waals surface area contributed by atoms with Gasteiger partial charge in [-0.2, -0.15) is 19.6 Å². The van der Waals surface area contributed by atoms with Crippen LogP contribution < -0.4 is 58.5 Å². The molecule has 3 amide bonds. The summed E-state index contributed by atoms with van der Waals surface area (Å²) in [5.41, 5.74) is 4.13. The summed E-state index contributed by atoms with van der Waals surface area (Å²) >= 11 is 3.59. The van der Waals surface area contributed by atoms with Crippen LogP contribution in [-0.2, 0) is 78.3 Å². The Labute approximate surface area is 664 Å². The Balaban J connectivity index is 0.000000650. The molecule has 1 atom stereocenters. The van der Waals surface area contributed by atoms with Gasteiger partial charge in [0.15, 0.2) is 15.4 Å². The van der Waals surface area contributed by atoms with Gasteiger partial charge in [-0.3, -0.25) is 30.3 Å². The zero-order valence-electron chi connectivity index (χ0n) is 64.3. The van der Waals surface area contributed by atoms with Gasteiger partial charge in [0.25, 0.3) is 0 Å². The number of aryl methyl sites for hydroxylation is 2. The number of hydrogen-bond acceptors (Lipinski definition) is 23. The van der Waals surface area contributed by atoms with E-state index in [0.29, 0.717) is 58.6 Å². The van der Waals surface area contributed by atoms with Gasteiger partial charge in [0.1, 0.15) is 52.0 Å². The number of rotatable bonds is 23. The summed E-state index contributed by atoms with van der Waals surface area (Å²) in [5.74, 6) is 0.656. The number of aldehydes is 1. The summed E-state index contributed by atoms with van der Waals surface area (Å²) in [5, 5.41) is 46.1. The number of hydrogen-bond donors (Lipinski definition) is 7. The number of carboxylic acids is 1. The summed E-state index contributed by atoms with van der Waals surface area (Å²) in [6.07, 6.45) is 3.97. The second-order valence-corrected chi connectivity index (χ2v) is 27.2. The number of aromatic hydroxyl groups is 1. The van der Waals surface area contributed by atoms with E-state index in [4.69, 9.17) is 48.5 Å². The van der Waals surface area contributed by atoms with Crippen molar-refractivity contribution in [1.29, 1.82) is 0 Å². The molecular weight excluding hydrogens is 1480 g/mol. The van der Waals surface area contributed by atoms with Crippen molar-refractivity contribution in [2.45, 2.75) is 130 Å². The number of para-hydroxylation sites is 6. The van der Waals surface area contributed by atoms with Gasteiger partial charge >= 0.3 is 55.1 Å². The molecule has 9 rings (SSSR count). The molecule has 31 heteroatoms. The molecule has 110 heavy (non-hydrogen) atoms. The van der Waals surface area contributed by atoms with E-state index in [0.717, 1.165) is 79.7 Å². The van der Waals surface area contributed by atoms with Gasteiger partial charge in [0, 0.05) is 65.0 Å². The molecule has 0 saturated heterocycles. The number of carbonyl (C=O) groups excluding carboxylic acids is 5. The number of aromatic nitrogens is 3. The third-order valence-corrected chi connectivity index (χ3v) is 16.2. The fraction of sp³-hybridized carbons (Fsp3) is 0.342. The maximum atomic E-state index is 12.1. The molecule has 0 fully saturated rings. The number of thiazole rings is 3. The topological polar surface area (TPSA) is 332 Å². The number of esters is 1. The van der Waals surface area contributed by atoms with E-state index in [1.54, 1.807) is 97.6 Å². The number of nitrogens with zero attached hydrogens (tertiary/aromatic N) is 3. The SMILES string of the molecule is CC(C)(C)OC(=O)Nc1nccs1.COC(=O)Cc1ccccc1OC.COc1ccccc1CC(O)c1cnc(NC(=O)OC(C)(C)C)s1.COc1ccccc1CC=O.COc1ccccc1CCO.COc1ccccc1CCc1cnc(NC(=O)C(F)(F)F)s1.O=C(O)Cc1ccccc1O.[CH2-]CCC.[Li+]. The number of unbranched alkanes of at least 4 members (excludes halogenated alkanes) is 1. The van der Waals surface area contributed by atoms with E-state index in [1.807, 2.05) is 142 Å². The Bertz CT molecular complexity index is 4110. The minimum absolute atomic E-state index is 0. The molecule has 0 aliphatic carbocycles. The zero-order chi connectivity index (χ0) is 81.4. The molecule has 0 saturated carbocycles. The first-order chi connectivity index (χ1) is 51.8. The van der Waals surface area contributed by atoms with Crippen LogP contribution in [0.2, 0.25) is 0 Å². The van der Waals surface area contributed by atoms with E-state index < -0.39 is 47.5 Å². The predicted molar refractivity (Wildman–Crippen MR) is 418 cm³/mol. The number of nitrogens with one attached hydrogen (secondary N) is 3. The largest absolute Gasteiger partial charge is 1.00 e. The molecular formula is C79H98F3LiN6O18S3. The summed E-state index contributed by atoms with van der Waals surface area (Å²) in [4.78, 5) is 78.3. The molecule has 3 heterocycles. The fourth-order valence-electron chi connectivity index (χ4n) is 8.45. The minimum Gasteiger partial charge on any atom is -0.508 e. The van der Waals surface area contributed by atoms with Crippen LogP contribution in [0.15, 0.2) is 170 Å². The first kappa shape index (κ1) is 97.9. The van der Waals surface area contributed by atoms with E-state index in [9.17, 15) is 47.0 Å². The van der Waals surface area contributed by atoms with E-state index in [1.165, 1.54) is 48.5 Å². The molecule has 0 spiro atoms. The van der Waals surface area contributed by atoms with Crippen LogP contribution in [0.4, 0.5) is 38.2 Å². The number of carbonyl (C=O) groups is 6. The van der Waals surface area contributed by atoms with Crippen molar-refractivity contribution >= 4 is 85.7 Å². The number of benzene rings is 6. The number of phenols is 1. The Morgan fingerprint density at radius 1 is 0.555 bits per heavy atom. The van der Waals surface area contributed by atoms with Crippen LogP contribution in [0.1, 0.15) is 111 Å². The average molecular weight is 1580 g/mol. The van der Waals surface area contributed by atoms with Crippen LogP contribution in [0, 0.1) is 6.92 Å². The van der Waals surface area contributed by atoms with Crippen molar-refractivity contribution in [2.24, 2.45) is 0 Å². The number of ether oxygens (including phenoxy) is 8. The molecule has 7 N–H and O–H groups in total. The van der Waals surface area contributed by atoms with Gasteiger partial charge in [-0.25, -0.2) is 24.5 Å². The van der Waals surface area contributed by atoms with Crippen LogP contribution in [0.3, 0.4) is 0 Å². The summed E-state index contributed by atoms with van der Waals surface area (Å²) in [6, 6.07) is 44.0. The van der Waals surface area contributed by atoms with Crippen LogP contribution in [0.25, 0.3) is 0 Å². The third kappa shape index (κ3) is 41.5. The van der Waals surface area contributed by atoms with Crippen molar-refractivity contribution in [2.75, 3.05) is 65.2 Å². The summed E-state index contributed by atoms with van der Waals surface area (Å²) < 4.78 is 76.9. The number of amides is 3. The van der Waals surface area contributed by atoms with Crippen LogP contribution in [0.5, 0.6) is 34.5 Å². The van der Waals surface area contributed by atoms with Crippen molar-refractivity contribution < 1.29 is 119 Å². The molecule has 6 aromatic carbocycles. The zero-order valence-corrected chi connectivity index (χ0v) is 66.8. The number of aliphatic hydroxyl groups excluding tert-OH is 2. The molecule has 24 nitrogen and oxygen atoms in total. The molecule has 0 bridgehead atoms. The van der Waals surface area contributed by atoms with E-state index in [2.05, 4.69) is 44.2 Å². The number of carboxylic acid groups (broad SMARTS) is 1. The van der Waals surface area contributed by atoms with Gasteiger partial charge in [-0.15, -0.1) is 22.7 Å². The fourth-order valence-corrected chi connectivity index (χ4v) is 10.6. The Hall–Kier alpha value is -10.1. The van der Waals surface area contributed by atoms with Gasteiger partial charge in [0.05, 0.1) is 66.5 Å².